The van der Waals surface area contributed by atoms with Gasteiger partial charge in [-0.25, -0.2) is 15.0 Å². The number of fused-ring (bicyclic) bond motifs is 2. The van der Waals surface area contributed by atoms with Crippen molar-refractivity contribution < 1.29 is 23.8 Å². The fraction of sp³-hybridized carbons (Fsp3) is 0.688. The van der Waals surface area contributed by atoms with E-state index >= 15 is 0 Å². The van der Waals surface area contributed by atoms with Crippen molar-refractivity contribution in [1.29, 1.82) is 0 Å². The van der Waals surface area contributed by atoms with Crippen molar-refractivity contribution in [2.75, 3.05) is 30.7 Å². The second kappa shape index (κ2) is 8.97. The number of rotatable bonds is 8. The first-order valence-electron chi connectivity index (χ1n) is 9.83. The van der Waals surface area contributed by atoms with Crippen LogP contribution in [0.2, 0.25) is 0 Å². The molecule has 0 bridgehead atoms. The molecular weight excluding hydrogens is 433 g/mol. The van der Waals surface area contributed by atoms with Crippen molar-refractivity contribution in [3.05, 3.63) is 6.33 Å². The van der Waals surface area contributed by atoms with Gasteiger partial charge in [0.1, 0.15) is 24.6 Å². The highest BCUT2D eigenvalue weighted by molar-refractivity contribution is 8.07. The Bertz CT molecular complexity index is 946. The Morgan fingerprint density at radius 1 is 1.30 bits per heavy atom. The number of imidazole rings is 1. The minimum absolute atomic E-state index is 0.0274. The topological polar surface area (TPSA) is 176 Å². The standard InChI is InChI=1S/C16H26N7O5PS/c17-5-3-1-2-4-6-19-16-22-10-13(18)20-8-21-14(10)23(16)15-11(24)12-9(27-15)7-26-29(25,30)28-12/h8-9,11-12,15,24H,1-7,17H2,(H,19,22)(H,25,30)(H2,18,20,21)/t9-,11-,12-,15-,29?/m1/s1. The molecule has 5 atom stereocenters. The van der Waals surface area contributed by atoms with Gasteiger partial charge in [0.15, 0.2) is 23.2 Å². The maximum Gasteiger partial charge on any atom is 0.325 e. The lowest BCUT2D eigenvalue weighted by atomic mass is 10.1. The predicted molar refractivity (Wildman–Crippen MR) is 113 cm³/mol. The number of aliphatic hydroxyl groups is 1. The largest absolute Gasteiger partial charge is 0.386 e. The molecule has 0 aromatic carbocycles. The van der Waals surface area contributed by atoms with Gasteiger partial charge in [-0.15, -0.1) is 0 Å². The SMILES string of the molecule is NCCCCCCNc1nc2c(N)ncnc2n1[C@@H]1O[C@@H]2COP(O)(=S)O[C@H]2[C@H]1O. The van der Waals surface area contributed by atoms with Crippen LogP contribution in [0, 0.1) is 0 Å². The first kappa shape index (κ1) is 21.8. The molecule has 2 saturated heterocycles. The maximum atomic E-state index is 10.9. The van der Waals surface area contributed by atoms with E-state index in [0.29, 0.717) is 30.2 Å². The molecule has 166 valence electrons. The number of ether oxygens (including phenoxy) is 1. The molecule has 0 radical (unpaired) electrons. The quantitative estimate of drug-likeness (QED) is 0.269. The predicted octanol–water partition coefficient (Wildman–Crippen LogP) is 0.230. The number of aliphatic hydroxyl groups excluding tert-OH is 1. The monoisotopic (exact) mass is 459 g/mol. The van der Waals surface area contributed by atoms with Crippen molar-refractivity contribution in [3.63, 3.8) is 0 Å². The van der Waals surface area contributed by atoms with Gasteiger partial charge >= 0.3 is 6.72 Å². The lowest BCUT2D eigenvalue weighted by molar-refractivity contribution is -0.0586. The summed E-state index contributed by atoms with van der Waals surface area (Å²) in [6, 6.07) is 0. The van der Waals surface area contributed by atoms with Crippen LogP contribution in [-0.4, -0.2) is 67.5 Å². The zero-order chi connectivity index (χ0) is 21.3. The minimum atomic E-state index is -3.40. The number of unbranched alkanes of at least 4 members (excludes halogenated alkanes) is 3. The minimum Gasteiger partial charge on any atom is -0.386 e. The molecule has 2 aliphatic heterocycles. The van der Waals surface area contributed by atoms with Crippen molar-refractivity contribution >= 4 is 41.5 Å². The van der Waals surface area contributed by atoms with Gasteiger partial charge in [0.25, 0.3) is 0 Å². The van der Waals surface area contributed by atoms with E-state index in [0.717, 1.165) is 25.7 Å². The van der Waals surface area contributed by atoms with E-state index in [-0.39, 0.29) is 12.4 Å². The molecule has 0 spiro atoms. The van der Waals surface area contributed by atoms with Gasteiger partial charge in [-0.1, -0.05) is 12.8 Å². The molecule has 2 aromatic heterocycles. The van der Waals surface area contributed by atoms with E-state index in [2.05, 4.69) is 20.3 Å². The lowest BCUT2D eigenvalue weighted by Crippen LogP contribution is -2.39. The smallest absolute Gasteiger partial charge is 0.325 e. The van der Waals surface area contributed by atoms with Gasteiger partial charge < -0.3 is 36.0 Å². The van der Waals surface area contributed by atoms with Gasteiger partial charge in [-0.2, -0.15) is 0 Å². The van der Waals surface area contributed by atoms with Crippen LogP contribution in [0.25, 0.3) is 11.2 Å². The highest BCUT2D eigenvalue weighted by atomic mass is 32.5. The Morgan fingerprint density at radius 3 is 2.90 bits per heavy atom. The fourth-order valence-corrected chi connectivity index (χ4v) is 5.11. The molecule has 4 rings (SSSR count). The zero-order valence-corrected chi connectivity index (χ0v) is 18.0. The molecule has 12 nitrogen and oxygen atoms in total. The van der Waals surface area contributed by atoms with Gasteiger partial charge in [-0.05, 0) is 31.2 Å². The lowest BCUT2D eigenvalue weighted by Gasteiger charge is -2.30. The van der Waals surface area contributed by atoms with Crippen LogP contribution < -0.4 is 16.8 Å². The molecule has 4 heterocycles. The summed E-state index contributed by atoms with van der Waals surface area (Å²) in [5.41, 5.74) is 12.3. The molecule has 0 aliphatic carbocycles. The van der Waals surface area contributed by atoms with E-state index < -0.39 is 31.3 Å². The Hall–Kier alpha value is -1.44. The molecule has 14 heteroatoms. The van der Waals surface area contributed by atoms with Crippen LogP contribution in [0.3, 0.4) is 0 Å². The van der Waals surface area contributed by atoms with Crippen molar-refractivity contribution in [1.82, 2.24) is 19.5 Å². The summed E-state index contributed by atoms with van der Waals surface area (Å²) in [5.74, 6) is 0.670. The number of nitrogens with one attached hydrogen (secondary N) is 1. The number of aromatic nitrogens is 4. The first-order chi connectivity index (χ1) is 14.4. The molecule has 0 saturated carbocycles. The number of nitrogens with zero attached hydrogens (tertiary/aromatic N) is 4. The molecule has 7 N–H and O–H groups in total. The summed E-state index contributed by atoms with van der Waals surface area (Å²) < 4.78 is 18.2. The van der Waals surface area contributed by atoms with Crippen LogP contribution in [0.5, 0.6) is 0 Å². The molecule has 2 fully saturated rings. The molecule has 1 unspecified atom stereocenters. The summed E-state index contributed by atoms with van der Waals surface area (Å²) in [4.78, 5) is 22.8. The third-order valence-electron chi connectivity index (χ3n) is 5.14. The van der Waals surface area contributed by atoms with E-state index in [1.165, 1.54) is 6.33 Å². The molecule has 2 aliphatic rings. The van der Waals surface area contributed by atoms with Crippen LogP contribution in [0.4, 0.5) is 11.8 Å². The van der Waals surface area contributed by atoms with Gasteiger partial charge in [0, 0.05) is 6.54 Å². The molecule has 30 heavy (non-hydrogen) atoms. The zero-order valence-electron chi connectivity index (χ0n) is 16.3. The van der Waals surface area contributed by atoms with E-state index in [1.54, 1.807) is 4.57 Å². The highest BCUT2D eigenvalue weighted by Gasteiger charge is 2.51. The number of anilines is 2. The summed E-state index contributed by atoms with van der Waals surface area (Å²) in [6.45, 7) is -2.02. The van der Waals surface area contributed by atoms with E-state index in [1.807, 2.05) is 0 Å². The average molecular weight is 459 g/mol. The number of hydrogen-bond donors (Lipinski definition) is 5. The first-order valence-corrected chi connectivity index (χ1v) is 12.4. The molecule has 0 amide bonds. The fourth-order valence-electron chi connectivity index (χ4n) is 3.66. The van der Waals surface area contributed by atoms with Crippen LogP contribution in [-0.2, 0) is 25.6 Å². The van der Waals surface area contributed by atoms with Crippen molar-refractivity contribution in [3.8, 4) is 0 Å². The van der Waals surface area contributed by atoms with E-state index in [9.17, 15) is 10.00 Å². The Morgan fingerprint density at radius 2 is 2.10 bits per heavy atom. The number of hydrogen-bond acceptors (Lipinski definition) is 11. The van der Waals surface area contributed by atoms with Gasteiger partial charge in [-0.3, -0.25) is 9.09 Å². The highest BCUT2D eigenvalue weighted by Crippen LogP contribution is 2.53. The Kier molecular flexibility index (Phi) is 6.51. The van der Waals surface area contributed by atoms with Crippen LogP contribution in [0.1, 0.15) is 31.9 Å². The van der Waals surface area contributed by atoms with Crippen LogP contribution in [0.15, 0.2) is 6.33 Å². The van der Waals surface area contributed by atoms with E-state index in [4.69, 9.17) is 37.1 Å². The second-order valence-electron chi connectivity index (χ2n) is 7.26. The third-order valence-corrected chi connectivity index (χ3v) is 6.70. The normalized spacial score (nSPS) is 31.2. The number of nitrogens with two attached hydrogens (primary N) is 2. The third kappa shape index (κ3) is 4.30. The number of nitrogen functional groups attached to an aromatic ring is 1. The summed E-state index contributed by atoms with van der Waals surface area (Å²) in [5, 5.41) is 14.2. The molecular formula is C16H26N7O5PS. The molecule has 2 aromatic rings. The summed E-state index contributed by atoms with van der Waals surface area (Å²) >= 11 is 4.91. The summed E-state index contributed by atoms with van der Waals surface area (Å²) in [7, 11) is 0. The van der Waals surface area contributed by atoms with Gasteiger partial charge in [0.2, 0.25) is 5.95 Å². The van der Waals surface area contributed by atoms with Crippen LogP contribution >= 0.6 is 6.72 Å². The Labute approximate surface area is 178 Å². The van der Waals surface area contributed by atoms with Crippen molar-refractivity contribution in [2.24, 2.45) is 5.73 Å². The average Bonchev–Trinajstić information content (AvgIpc) is 3.22. The second-order valence-corrected chi connectivity index (χ2v) is 10.0. The Balaban J connectivity index is 1.59. The van der Waals surface area contributed by atoms with Crippen molar-refractivity contribution in [2.45, 2.75) is 50.2 Å². The maximum absolute atomic E-state index is 10.9. The van der Waals surface area contributed by atoms with Gasteiger partial charge in [0.05, 0.1) is 6.61 Å². The summed E-state index contributed by atoms with van der Waals surface area (Å²) in [6.07, 6.45) is 1.94.